The first-order chi connectivity index (χ1) is 6.68. The first kappa shape index (κ1) is 12.5. The Balaban J connectivity index is 0.00000112. The molecule has 1 fully saturated rings. The predicted molar refractivity (Wildman–Crippen MR) is 67.9 cm³/mol. The van der Waals surface area contributed by atoms with Crippen molar-refractivity contribution in [3.63, 3.8) is 0 Å². The minimum absolute atomic E-state index is 0. The predicted octanol–water partition coefficient (Wildman–Crippen LogP) is 3.46. The lowest BCUT2D eigenvalue weighted by Crippen LogP contribution is -2.15. The molecule has 2 heteroatoms. The third kappa shape index (κ3) is 2.53. The number of halogens is 1. The molecule has 1 nitrogen and oxygen atoms in total. The van der Waals surface area contributed by atoms with Crippen LogP contribution in [0.5, 0.6) is 0 Å². The maximum Gasteiger partial charge on any atom is 0.0325 e. The molecule has 15 heavy (non-hydrogen) atoms. The second kappa shape index (κ2) is 5.00. The molecule has 1 aliphatic heterocycles. The number of rotatable bonds is 1. The van der Waals surface area contributed by atoms with Crippen molar-refractivity contribution >= 4 is 12.4 Å². The summed E-state index contributed by atoms with van der Waals surface area (Å²) in [4.78, 5) is 0. The summed E-state index contributed by atoms with van der Waals surface area (Å²) in [5, 5.41) is 3.57. The van der Waals surface area contributed by atoms with Gasteiger partial charge in [-0.05, 0) is 56.8 Å². The number of hydrogen-bond donors (Lipinski definition) is 1. The summed E-state index contributed by atoms with van der Waals surface area (Å²) in [7, 11) is 0. The fourth-order valence-corrected chi connectivity index (χ4v) is 2.67. The molecule has 1 aromatic carbocycles. The fourth-order valence-electron chi connectivity index (χ4n) is 2.67. The third-order valence-corrected chi connectivity index (χ3v) is 3.15. The molecular formula is C13H20ClN. The van der Waals surface area contributed by atoms with Crippen molar-refractivity contribution in [1.29, 1.82) is 0 Å². The standard InChI is InChI=1S/C13H19N.ClH/c1-9-7-10(2)13(11(3)8-9)12-5-4-6-14-12;/h7-8,12,14H,4-6H2,1-3H3;1H/t12-;/m1./s1. The van der Waals surface area contributed by atoms with Gasteiger partial charge in [0.05, 0.1) is 0 Å². The van der Waals surface area contributed by atoms with E-state index in [9.17, 15) is 0 Å². The molecule has 0 aromatic heterocycles. The molecule has 1 N–H and O–H groups in total. The van der Waals surface area contributed by atoms with E-state index in [0.717, 1.165) is 0 Å². The van der Waals surface area contributed by atoms with Crippen molar-refractivity contribution in [2.45, 2.75) is 39.7 Å². The van der Waals surface area contributed by atoms with Crippen molar-refractivity contribution in [2.24, 2.45) is 0 Å². The molecule has 84 valence electrons. The first-order valence-corrected chi connectivity index (χ1v) is 5.49. The monoisotopic (exact) mass is 225 g/mol. The molecule has 0 radical (unpaired) electrons. The van der Waals surface area contributed by atoms with Gasteiger partial charge in [0.15, 0.2) is 0 Å². The zero-order valence-corrected chi connectivity index (χ0v) is 10.6. The summed E-state index contributed by atoms with van der Waals surface area (Å²) in [5.74, 6) is 0. The van der Waals surface area contributed by atoms with Gasteiger partial charge in [-0.15, -0.1) is 12.4 Å². The van der Waals surface area contributed by atoms with Gasteiger partial charge >= 0.3 is 0 Å². The molecule has 0 aliphatic carbocycles. The van der Waals surface area contributed by atoms with Crippen LogP contribution in [0, 0.1) is 20.8 Å². The Morgan fingerprint density at radius 3 is 2.20 bits per heavy atom. The van der Waals surface area contributed by atoms with Gasteiger partial charge < -0.3 is 5.32 Å². The van der Waals surface area contributed by atoms with Crippen molar-refractivity contribution < 1.29 is 0 Å². The topological polar surface area (TPSA) is 12.0 Å². The summed E-state index contributed by atoms with van der Waals surface area (Å²) in [5.41, 5.74) is 5.80. The zero-order chi connectivity index (χ0) is 10.1. The van der Waals surface area contributed by atoms with E-state index in [1.54, 1.807) is 0 Å². The minimum Gasteiger partial charge on any atom is -0.310 e. The van der Waals surface area contributed by atoms with Crippen LogP contribution in [-0.2, 0) is 0 Å². The van der Waals surface area contributed by atoms with E-state index in [2.05, 4.69) is 38.2 Å². The number of nitrogens with one attached hydrogen (secondary N) is 1. The smallest absolute Gasteiger partial charge is 0.0325 e. The highest BCUT2D eigenvalue weighted by molar-refractivity contribution is 5.85. The largest absolute Gasteiger partial charge is 0.310 e. The van der Waals surface area contributed by atoms with Gasteiger partial charge in [0.2, 0.25) is 0 Å². The van der Waals surface area contributed by atoms with E-state index in [4.69, 9.17) is 0 Å². The number of hydrogen-bond acceptors (Lipinski definition) is 1. The van der Waals surface area contributed by atoms with Gasteiger partial charge in [-0.25, -0.2) is 0 Å². The second-order valence-electron chi connectivity index (χ2n) is 4.46. The Hall–Kier alpha value is -0.530. The molecule has 0 bridgehead atoms. The molecule has 1 atom stereocenters. The molecule has 1 saturated heterocycles. The van der Waals surface area contributed by atoms with Crippen LogP contribution in [0.4, 0.5) is 0 Å². The van der Waals surface area contributed by atoms with E-state index in [-0.39, 0.29) is 12.4 Å². The van der Waals surface area contributed by atoms with Crippen molar-refractivity contribution in [1.82, 2.24) is 5.32 Å². The maximum atomic E-state index is 3.57. The van der Waals surface area contributed by atoms with Gasteiger partial charge in [0.25, 0.3) is 0 Å². The Kier molecular flexibility index (Phi) is 4.18. The molecule has 2 rings (SSSR count). The van der Waals surface area contributed by atoms with Gasteiger partial charge in [-0.3, -0.25) is 0 Å². The molecule has 1 heterocycles. The highest BCUT2D eigenvalue weighted by atomic mass is 35.5. The average Bonchev–Trinajstić information content (AvgIpc) is 2.54. The molecular weight excluding hydrogens is 206 g/mol. The first-order valence-electron chi connectivity index (χ1n) is 5.49. The lowest BCUT2D eigenvalue weighted by Gasteiger charge is -2.17. The van der Waals surface area contributed by atoms with Crippen LogP contribution < -0.4 is 5.32 Å². The summed E-state index contributed by atoms with van der Waals surface area (Å²) in [6.45, 7) is 7.81. The summed E-state index contributed by atoms with van der Waals surface area (Å²) >= 11 is 0. The van der Waals surface area contributed by atoms with Gasteiger partial charge in [-0.1, -0.05) is 17.7 Å². The fraction of sp³-hybridized carbons (Fsp3) is 0.538. The van der Waals surface area contributed by atoms with E-state index < -0.39 is 0 Å². The quantitative estimate of drug-likeness (QED) is 0.772. The van der Waals surface area contributed by atoms with Crippen molar-refractivity contribution in [2.75, 3.05) is 6.54 Å². The highest BCUT2D eigenvalue weighted by Gasteiger charge is 2.19. The molecule has 1 aliphatic rings. The van der Waals surface area contributed by atoms with E-state index in [1.165, 1.54) is 41.6 Å². The molecule has 0 saturated carbocycles. The number of aryl methyl sites for hydroxylation is 3. The Labute approximate surface area is 98.7 Å². The molecule has 0 spiro atoms. The van der Waals surface area contributed by atoms with Crippen LogP contribution in [0.1, 0.15) is 41.1 Å². The van der Waals surface area contributed by atoms with Gasteiger partial charge in [-0.2, -0.15) is 0 Å². The average molecular weight is 226 g/mol. The molecule has 1 aromatic rings. The summed E-state index contributed by atoms with van der Waals surface area (Å²) in [6.07, 6.45) is 2.61. The summed E-state index contributed by atoms with van der Waals surface area (Å²) < 4.78 is 0. The van der Waals surface area contributed by atoms with Crippen LogP contribution >= 0.6 is 12.4 Å². The Morgan fingerprint density at radius 1 is 1.13 bits per heavy atom. The van der Waals surface area contributed by atoms with E-state index in [1.807, 2.05) is 0 Å². The minimum atomic E-state index is 0. The normalized spacial score (nSPS) is 20.1. The summed E-state index contributed by atoms with van der Waals surface area (Å²) in [6, 6.07) is 5.20. The van der Waals surface area contributed by atoms with Crippen LogP contribution in [0.25, 0.3) is 0 Å². The number of benzene rings is 1. The lowest BCUT2D eigenvalue weighted by molar-refractivity contribution is 0.639. The van der Waals surface area contributed by atoms with Crippen LogP contribution in [0.3, 0.4) is 0 Å². The molecule has 0 amide bonds. The Morgan fingerprint density at radius 2 is 1.73 bits per heavy atom. The second-order valence-corrected chi connectivity index (χ2v) is 4.46. The van der Waals surface area contributed by atoms with Gasteiger partial charge in [0, 0.05) is 6.04 Å². The highest BCUT2D eigenvalue weighted by Crippen LogP contribution is 2.29. The van der Waals surface area contributed by atoms with Crippen LogP contribution in [0.2, 0.25) is 0 Å². The van der Waals surface area contributed by atoms with Crippen molar-refractivity contribution in [3.05, 3.63) is 34.4 Å². The third-order valence-electron chi connectivity index (χ3n) is 3.15. The lowest BCUT2D eigenvalue weighted by atomic mass is 9.93. The van der Waals surface area contributed by atoms with E-state index in [0.29, 0.717) is 6.04 Å². The van der Waals surface area contributed by atoms with E-state index >= 15 is 0 Å². The zero-order valence-electron chi connectivity index (χ0n) is 9.76. The van der Waals surface area contributed by atoms with Gasteiger partial charge in [0.1, 0.15) is 0 Å². The van der Waals surface area contributed by atoms with Crippen LogP contribution in [0.15, 0.2) is 12.1 Å². The Bertz CT molecular complexity index is 317. The van der Waals surface area contributed by atoms with Crippen LogP contribution in [-0.4, -0.2) is 6.54 Å². The maximum absolute atomic E-state index is 3.57. The molecule has 0 unspecified atom stereocenters. The van der Waals surface area contributed by atoms with Crippen molar-refractivity contribution in [3.8, 4) is 0 Å². The SMILES string of the molecule is Cc1cc(C)c([C@H]2CCCN2)c(C)c1.Cl.